The normalized spacial score (nSPS) is 9.88. The molecule has 0 spiro atoms. The molecule has 5 heteroatoms. The van der Waals surface area contributed by atoms with Crippen molar-refractivity contribution < 1.29 is 9.72 Å². The smallest absolute Gasteiger partial charge is 0.282 e. The Hall–Kier alpha value is -1.91. The summed E-state index contributed by atoms with van der Waals surface area (Å²) in [5, 5.41) is 10.8. The highest BCUT2D eigenvalue weighted by Crippen LogP contribution is 2.19. The van der Waals surface area contributed by atoms with Crippen LogP contribution in [0, 0.1) is 10.1 Å². The average molecular weight is 222 g/mol. The zero-order valence-electron chi connectivity index (χ0n) is 9.34. The molecule has 0 atom stereocenters. The van der Waals surface area contributed by atoms with Crippen LogP contribution in [0.5, 0.6) is 0 Å². The maximum absolute atomic E-state index is 12.0. The second-order valence-corrected chi connectivity index (χ2v) is 3.25. The minimum Gasteiger partial charge on any atom is -0.339 e. The molecular formula is C11H14N2O3. The van der Waals surface area contributed by atoms with E-state index >= 15 is 0 Å². The lowest BCUT2D eigenvalue weighted by Crippen LogP contribution is -2.30. The van der Waals surface area contributed by atoms with E-state index in [-0.39, 0.29) is 17.2 Å². The molecule has 5 nitrogen and oxygen atoms in total. The molecule has 0 aliphatic rings. The van der Waals surface area contributed by atoms with E-state index in [9.17, 15) is 14.9 Å². The summed E-state index contributed by atoms with van der Waals surface area (Å²) in [4.78, 5) is 23.7. The van der Waals surface area contributed by atoms with Gasteiger partial charge in [0, 0.05) is 19.2 Å². The quantitative estimate of drug-likeness (QED) is 0.578. The second-order valence-electron chi connectivity index (χ2n) is 3.25. The first-order valence-electron chi connectivity index (χ1n) is 5.14. The molecule has 0 aliphatic heterocycles. The standard InChI is InChI=1S/C11H14N2O3/c1-3-12(4-2)11(14)9-7-5-6-8-10(9)13(15)16/h5-8H,3-4H2,1-2H3. The Morgan fingerprint density at radius 2 is 1.88 bits per heavy atom. The van der Waals surface area contributed by atoms with E-state index in [4.69, 9.17) is 0 Å². The molecular weight excluding hydrogens is 208 g/mol. The molecule has 0 saturated heterocycles. The molecule has 0 unspecified atom stereocenters. The molecule has 1 aromatic carbocycles. The molecule has 0 aliphatic carbocycles. The summed E-state index contributed by atoms with van der Waals surface area (Å²) in [5.74, 6) is -0.294. The fraction of sp³-hybridized carbons (Fsp3) is 0.364. The topological polar surface area (TPSA) is 63.5 Å². The minimum absolute atomic E-state index is 0.139. The summed E-state index contributed by atoms with van der Waals surface area (Å²) in [5.41, 5.74) is 0.00981. The lowest BCUT2D eigenvalue weighted by molar-refractivity contribution is -0.385. The van der Waals surface area contributed by atoms with Gasteiger partial charge in [0.2, 0.25) is 0 Å². The monoisotopic (exact) mass is 222 g/mol. The van der Waals surface area contributed by atoms with Gasteiger partial charge in [0.15, 0.2) is 0 Å². The van der Waals surface area contributed by atoms with Gasteiger partial charge in [0.25, 0.3) is 11.6 Å². The third-order valence-corrected chi connectivity index (χ3v) is 2.38. The van der Waals surface area contributed by atoms with E-state index in [2.05, 4.69) is 0 Å². The summed E-state index contributed by atoms with van der Waals surface area (Å²) in [6.07, 6.45) is 0. The SMILES string of the molecule is CCN(CC)C(=O)c1ccccc1[N+](=O)[O-]. The van der Waals surface area contributed by atoms with E-state index in [0.29, 0.717) is 13.1 Å². The predicted molar refractivity (Wildman–Crippen MR) is 60.3 cm³/mol. The number of carbonyl (C=O) groups is 1. The minimum atomic E-state index is -0.531. The van der Waals surface area contributed by atoms with Gasteiger partial charge in [-0.3, -0.25) is 14.9 Å². The van der Waals surface area contributed by atoms with E-state index in [1.807, 2.05) is 13.8 Å². The van der Waals surface area contributed by atoms with Gasteiger partial charge in [-0.05, 0) is 19.9 Å². The van der Waals surface area contributed by atoms with Crippen molar-refractivity contribution in [1.29, 1.82) is 0 Å². The zero-order chi connectivity index (χ0) is 12.1. The molecule has 86 valence electrons. The molecule has 0 aromatic heterocycles. The molecule has 0 bridgehead atoms. The van der Waals surface area contributed by atoms with Crippen LogP contribution >= 0.6 is 0 Å². The summed E-state index contributed by atoms with van der Waals surface area (Å²) in [7, 11) is 0. The number of amides is 1. The number of benzene rings is 1. The van der Waals surface area contributed by atoms with E-state index < -0.39 is 4.92 Å². The van der Waals surface area contributed by atoms with Crippen molar-refractivity contribution in [3.05, 3.63) is 39.9 Å². The van der Waals surface area contributed by atoms with E-state index in [0.717, 1.165) is 0 Å². The molecule has 1 aromatic rings. The van der Waals surface area contributed by atoms with Crippen molar-refractivity contribution in [3.8, 4) is 0 Å². The van der Waals surface area contributed by atoms with Crippen molar-refractivity contribution in [1.82, 2.24) is 4.90 Å². The van der Waals surface area contributed by atoms with Gasteiger partial charge in [-0.2, -0.15) is 0 Å². The van der Waals surface area contributed by atoms with Crippen LogP contribution in [0.15, 0.2) is 24.3 Å². The number of hydrogen-bond acceptors (Lipinski definition) is 3. The number of nitrogens with zero attached hydrogens (tertiary/aromatic N) is 2. The third-order valence-electron chi connectivity index (χ3n) is 2.38. The number of nitro groups is 1. The Balaban J connectivity index is 3.12. The lowest BCUT2D eigenvalue weighted by atomic mass is 10.1. The third kappa shape index (κ3) is 2.36. The van der Waals surface area contributed by atoms with Crippen molar-refractivity contribution in [2.45, 2.75) is 13.8 Å². The van der Waals surface area contributed by atoms with Gasteiger partial charge >= 0.3 is 0 Å². The van der Waals surface area contributed by atoms with Crippen molar-refractivity contribution in [2.75, 3.05) is 13.1 Å². The Bertz CT molecular complexity index is 400. The Labute approximate surface area is 93.8 Å². The fourth-order valence-corrected chi connectivity index (χ4v) is 1.49. The van der Waals surface area contributed by atoms with E-state index in [1.54, 1.807) is 17.0 Å². The van der Waals surface area contributed by atoms with Gasteiger partial charge in [-0.1, -0.05) is 12.1 Å². The Morgan fingerprint density at radius 1 is 1.31 bits per heavy atom. The van der Waals surface area contributed by atoms with Crippen LogP contribution in [0.1, 0.15) is 24.2 Å². The van der Waals surface area contributed by atoms with Gasteiger partial charge in [-0.15, -0.1) is 0 Å². The largest absolute Gasteiger partial charge is 0.339 e. The maximum atomic E-state index is 12.0. The van der Waals surface area contributed by atoms with Gasteiger partial charge in [0.1, 0.15) is 5.56 Å². The van der Waals surface area contributed by atoms with E-state index in [1.165, 1.54) is 12.1 Å². The Morgan fingerprint density at radius 3 is 2.38 bits per heavy atom. The molecule has 0 N–H and O–H groups in total. The second kappa shape index (κ2) is 5.25. The highest BCUT2D eigenvalue weighted by Gasteiger charge is 2.22. The summed E-state index contributed by atoms with van der Waals surface area (Å²) in [6, 6.07) is 6.01. The van der Waals surface area contributed by atoms with Crippen LogP contribution in [0.2, 0.25) is 0 Å². The van der Waals surface area contributed by atoms with Crippen LogP contribution in [0.4, 0.5) is 5.69 Å². The maximum Gasteiger partial charge on any atom is 0.282 e. The summed E-state index contributed by atoms with van der Waals surface area (Å²) < 4.78 is 0. The first-order chi connectivity index (χ1) is 7.61. The van der Waals surface area contributed by atoms with Crippen LogP contribution in [-0.4, -0.2) is 28.8 Å². The van der Waals surface area contributed by atoms with Gasteiger partial charge < -0.3 is 4.90 Å². The molecule has 16 heavy (non-hydrogen) atoms. The molecule has 1 amide bonds. The van der Waals surface area contributed by atoms with Crippen molar-refractivity contribution in [3.63, 3.8) is 0 Å². The highest BCUT2D eigenvalue weighted by molar-refractivity contribution is 5.98. The summed E-state index contributed by atoms with van der Waals surface area (Å²) >= 11 is 0. The van der Waals surface area contributed by atoms with Crippen molar-refractivity contribution in [2.24, 2.45) is 0 Å². The first-order valence-corrected chi connectivity index (χ1v) is 5.14. The number of nitro benzene ring substituents is 1. The Kier molecular flexibility index (Phi) is 3.99. The first kappa shape index (κ1) is 12.2. The number of para-hydroxylation sites is 1. The molecule has 1 rings (SSSR count). The molecule has 0 radical (unpaired) electrons. The van der Waals surface area contributed by atoms with Gasteiger partial charge in [0.05, 0.1) is 4.92 Å². The number of carbonyl (C=O) groups excluding carboxylic acids is 1. The average Bonchev–Trinajstić information content (AvgIpc) is 2.30. The van der Waals surface area contributed by atoms with Crippen molar-refractivity contribution >= 4 is 11.6 Å². The lowest BCUT2D eigenvalue weighted by Gasteiger charge is -2.18. The highest BCUT2D eigenvalue weighted by atomic mass is 16.6. The molecule has 0 heterocycles. The van der Waals surface area contributed by atoms with Crippen LogP contribution in [-0.2, 0) is 0 Å². The van der Waals surface area contributed by atoms with Gasteiger partial charge in [-0.25, -0.2) is 0 Å². The number of rotatable bonds is 4. The number of hydrogen-bond donors (Lipinski definition) is 0. The zero-order valence-corrected chi connectivity index (χ0v) is 9.34. The predicted octanol–water partition coefficient (Wildman–Crippen LogP) is 2.08. The summed E-state index contributed by atoms with van der Waals surface area (Å²) in [6.45, 7) is 4.77. The van der Waals surface area contributed by atoms with Crippen LogP contribution < -0.4 is 0 Å². The fourth-order valence-electron chi connectivity index (χ4n) is 1.49. The molecule has 0 saturated carbocycles. The molecule has 0 fully saturated rings. The van der Waals surface area contributed by atoms with Crippen LogP contribution in [0.25, 0.3) is 0 Å². The van der Waals surface area contributed by atoms with Crippen LogP contribution in [0.3, 0.4) is 0 Å².